The second kappa shape index (κ2) is 8.14. The summed E-state index contributed by atoms with van der Waals surface area (Å²) in [7, 11) is 0. The fourth-order valence-corrected chi connectivity index (χ4v) is 2.50. The van der Waals surface area contributed by atoms with Crippen LogP contribution in [0.5, 0.6) is 0 Å². The summed E-state index contributed by atoms with van der Waals surface area (Å²) in [6.07, 6.45) is 0.688. The van der Waals surface area contributed by atoms with Crippen LogP contribution in [-0.2, 0) is 9.53 Å². The lowest BCUT2D eigenvalue weighted by Gasteiger charge is -2.15. The lowest BCUT2D eigenvalue weighted by molar-refractivity contribution is -0.142. The fourth-order valence-electron chi connectivity index (χ4n) is 1.41. The minimum Gasteiger partial charge on any atom is -0.465 e. The molecule has 0 saturated heterocycles. The Morgan fingerprint density at radius 2 is 2.12 bits per heavy atom. The highest BCUT2D eigenvalue weighted by atomic mass is 32.2. The van der Waals surface area contributed by atoms with E-state index < -0.39 is 0 Å². The second-order valence-corrected chi connectivity index (χ2v) is 4.70. The van der Waals surface area contributed by atoms with E-state index in [4.69, 9.17) is 9.84 Å². The molecule has 17 heavy (non-hydrogen) atoms. The number of benzene rings is 1. The molecule has 1 aromatic carbocycles. The van der Waals surface area contributed by atoms with Gasteiger partial charge in [-0.3, -0.25) is 4.79 Å². The third kappa shape index (κ3) is 4.79. The Kier molecular flexibility index (Phi) is 6.74. The van der Waals surface area contributed by atoms with E-state index in [0.717, 1.165) is 11.3 Å². The Bertz CT molecular complexity index is 327. The molecule has 1 unspecified atom stereocenters. The molecular formula is C13H18O3S. The topological polar surface area (TPSA) is 46.5 Å². The van der Waals surface area contributed by atoms with Crippen molar-refractivity contribution in [2.24, 2.45) is 0 Å². The van der Waals surface area contributed by atoms with Crippen molar-refractivity contribution >= 4 is 17.7 Å². The number of thioether (sulfide) groups is 1. The van der Waals surface area contributed by atoms with Gasteiger partial charge in [0.1, 0.15) is 5.25 Å². The molecule has 0 bridgehead atoms. The van der Waals surface area contributed by atoms with Crippen molar-refractivity contribution in [3.05, 3.63) is 35.9 Å². The summed E-state index contributed by atoms with van der Waals surface area (Å²) in [4.78, 5) is 11.8. The van der Waals surface area contributed by atoms with Crippen molar-refractivity contribution in [2.45, 2.75) is 18.6 Å². The van der Waals surface area contributed by atoms with Crippen LogP contribution >= 0.6 is 11.8 Å². The number of rotatable bonds is 7. The standard InChI is InChI=1S/C13H18O3S/c1-2-16-13(15)12(17-10-6-9-14)11-7-4-3-5-8-11/h3-5,7-8,12,14H,2,6,9-10H2,1H3. The lowest BCUT2D eigenvalue weighted by Crippen LogP contribution is -2.14. The first-order valence-corrected chi connectivity index (χ1v) is 6.78. The van der Waals surface area contributed by atoms with Gasteiger partial charge < -0.3 is 9.84 Å². The molecule has 0 saturated carbocycles. The molecule has 94 valence electrons. The van der Waals surface area contributed by atoms with E-state index in [1.165, 1.54) is 11.8 Å². The van der Waals surface area contributed by atoms with Gasteiger partial charge in [-0.15, -0.1) is 11.8 Å². The first kappa shape index (κ1) is 14.1. The van der Waals surface area contributed by atoms with Gasteiger partial charge in [0.05, 0.1) is 6.61 Å². The molecule has 4 heteroatoms. The van der Waals surface area contributed by atoms with E-state index in [0.29, 0.717) is 13.0 Å². The minimum atomic E-state index is -0.289. The molecule has 1 rings (SSSR count). The Balaban J connectivity index is 2.68. The number of aliphatic hydroxyl groups excluding tert-OH is 1. The van der Waals surface area contributed by atoms with Crippen LogP contribution in [0.4, 0.5) is 0 Å². The minimum absolute atomic E-state index is 0.150. The third-order valence-electron chi connectivity index (χ3n) is 2.19. The van der Waals surface area contributed by atoms with E-state index in [-0.39, 0.29) is 17.8 Å². The molecule has 0 radical (unpaired) electrons. The first-order valence-electron chi connectivity index (χ1n) is 5.73. The molecule has 1 atom stereocenters. The van der Waals surface area contributed by atoms with Crippen LogP contribution in [0.25, 0.3) is 0 Å². The van der Waals surface area contributed by atoms with Crippen molar-refractivity contribution in [1.29, 1.82) is 0 Å². The highest BCUT2D eigenvalue weighted by molar-refractivity contribution is 8.00. The van der Waals surface area contributed by atoms with Gasteiger partial charge in [-0.05, 0) is 24.7 Å². The lowest BCUT2D eigenvalue weighted by atomic mass is 10.1. The van der Waals surface area contributed by atoms with Gasteiger partial charge in [-0.1, -0.05) is 30.3 Å². The summed E-state index contributed by atoms with van der Waals surface area (Å²) >= 11 is 1.51. The maximum atomic E-state index is 11.8. The van der Waals surface area contributed by atoms with Crippen LogP contribution in [0, 0.1) is 0 Å². The smallest absolute Gasteiger partial charge is 0.323 e. The molecule has 0 aliphatic heterocycles. The van der Waals surface area contributed by atoms with Gasteiger partial charge in [-0.2, -0.15) is 0 Å². The zero-order valence-electron chi connectivity index (χ0n) is 9.96. The summed E-state index contributed by atoms with van der Waals surface area (Å²) in [5, 5.41) is 8.47. The number of carbonyl (C=O) groups excluding carboxylic acids is 1. The van der Waals surface area contributed by atoms with Crippen LogP contribution in [-0.4, -0.2) is 30.0 Å². The van der Waals surface area contributed by atoms with Crippen molar-refractivity contribution in [3.8, 4) is 0 Å². The highest BCUT2D eigenvalue weighted by Crippen LogP contribution is 2.30. The van der Waals surface area contributed by atoms with Gasteiger partial charge in [0.15, 0.2) is 0 Å². The average Bonchev–Trinajstić information content (AvgIpc) is 2.36. The zero-order chi connectivity index (χ0) is 12.5. The molecule has 0 aliphatic rings. The van der Waals surface area contributed by atoms with Gasteiger partial charge in [0.2, 0.25) is 0 Å². The molecule has 0 fully saturated rings. The molecular weight excluding hydrogens is 236 g/mol. The molecule has 1 N–H and O–H groups in total. The van der Waals surface area contributed by atoms with Crippen molar-refractivity contribution in [2.75, 3.05) is 19.0 Å². The Morgan fingerprint density at radius 3 is 2.71 bits per heavy atom. The molecule has 3 nitrogen and oxygen atoms in total. The summed E-state index contributed by atoms with van der Waals surface area (Å²) in [5.41, 5.74) is 0.953. The maximum absolute atomic E-state index is 11.8. The van der Waals surface area contributed by atoms with Crippen LogP contribution in [0.3, 0.4) is 0 Å². The SMILES string of the molecule is CCOC(=O)C(SCCCO)c1ccccc1. The highest BCUT2D eigenvalue weighted by Gasteiger charge is 2.21. The van der Waals surface area contributed by atoms with Gasteiger partial charge in [0.25, 0.3) is 0 Å². The number of carbonyl (C=O) groups is 1. The third-order valence-corrected chi connectivity index (χ3v) is 3.51. The second-order valence-electron chi connectivity index (χ2n) is 3.49. The summed E-state index contributed by atoms with van der Waals surface area (Å²) < 4.78 is 5.07. The van der Waals surface area contributed by atoms with Crippen LogP contribution < -0.4 is 0 Å². The van der Waals surface area contributed by atoms with Crippen LogP contribution in [0.15, 0.2) is 30.3 Å². The molecule has 0 aromatic heterocycles. The van der Waals surface area contributed by atoms with Gasteiger partial charge >= 0.3 is 5.97 Å². The van der Waals surface area contributed by atoms with Crippen molar-refractivity contribution in [1.82, 2.24) is 0 Å². The number of aliphatic hydroxyl groups is 1. The average molecular weight is 254 g/mol. The molecule has 0 heterocycles. The number of hydrogen-bond acceptors (Lipinski definition) is 4. The molecule has 1 aromatic rings. The molecule has 0 aliphatic carbocycles. The normalized spacial score (nSPS) is 12.1. The Morgan fingerprint density at radius 1 is 1.41 bits per heavy atom. The van der Waals surface area contributed by atoms with E-state index in [9.17, 15) is 4.79 Å². The number of hydrogen-bond donors (Lipinski definition) is 1. The van der Waals surface area contributed by atoms with E-state index in [1.807, 2.05) is 30.3 Å². The van der Waals surface area contributed by atoms with Crippen LogP contribution in [0.1, 0.15) is 24.2 Å². The molecule has 0 amide bonds. The monoisotopic (exact) mass is 254 g/mol. The summed E-state index contributed by atoms with van der Waals surface area (Å²) in [6.45, 7) is 2.35. The Labute approximate surface area is 106 Å². The Hall–Kier alpha value is -1.00. The largest absolute Gasteiger partial charge is 0.465 e. The van der Waals surface area contributed by atoms with Crippen LogP contribution in [0.2, 0.25) is 0 Å². The van der Waals surface area contributed by atoms with Crippen molar-refractivity contribution in [3.63, 3.8) is 0 Å². The maximum Gasteiger partial charge on any atom is 0.323 e. The van der Waals surface area contributed by atoms with Crippen molar-refractivity contribution < 1.29 is 14.6 Å². The van der Waals surface area contributed by atoms with E-state index in [2.05, 4.69) is 0 Å². The number of ether oxygens (including phenoxy) is 1. The molecule has 0 spiro atoms. The quantitative estimate of drug-likeness (QED) is 0.599. The summed E-state index contributed by atoms with van der Waals surface area (Å²) in [5.74, 6) is 0.538. The first-order chi connectivity index (χ1) is 8.29. The van der Waals surface area contributed by atoms with Gasteiger partial charge in [-0.25, -0.2) is 0 Å². The predicted molar refractivity (Wildman–Crippen MR) is 70.0 cm³/mol. The predicted octanol–water partition coefficient (Wildman–Crippen LogP) is 2.41. The summed E-state index contributed by atoms with van der Waals surface area (Å²) in [6, 6.07) is 9.59. The fraction of sp³-hybridized carbons (Fsp3) is 0.462. The van der Waals surface area contributed by atoms with E-state index in [1.54, 1.807) is 6.92 Å². The van der Waals surface area contributed by atoms with E-state index >= 15 is 0 Å². The number of esters is 1. The zero-order valence-corrected chi connectivity index (χ0v) is 10.8. The van der Waals surface area contributed by atoms with Gasteiger partial charge in [0, 0.05) is 6.61 Å².